The fraction of sp³-hybridized carbons (Fsp3) is 0.229. The average molecular weight is 482 g/mol. The smallest absolute Gasteiger partial charge is 0.220 e. The van der Waals surface area contributed by atoms with Crippen LogP contribution in [0.5, 0.6) is 0 Å². The zero-order valence-corrected chi connectivity index (χ0v) is 22.8. The predicted molar refractivity (Wildman–Crippen MR) is 156 cm³/mol. The van der Waals surface area contributed by atoms with Gasteiger partial charge in [0.1, 0.15) is 17.3 Å². The number of imidazole rings is 1. The third kappa shape index (κ3) is 2.84. The molecule has 0 aliphatic carbocycles. The van der Waals surface area contributed by atoms with E-state index >= 15 is 0 Å². The van der Waals surface area contributed by atoms with Crippen molar-refractivity contribution >= 4 is 27.3 Å². The highest BCUT2D eigenvalue weighted by molar-refractivity contribution is 6.15. The summed E-state index contributed by atoms with van der Waals surface area (Å²) in [5, 5.41) is 4.04. The molecule has 7 rings (SSSR count). The summed E-state index contributed by atoms with van der Waals surface area (Å²) in [6.07, 6.45) is 2.41. The first-order chi connectivity index (χ1) is 17.7. The minimum atomic E-state index is -0.166. The van der Waals surface area contributed by atoms with Crippen LogP contribution in [0.1, 0.15) is 47.2 Å². The first-order valence-corrected chi connectivity index (χ1v) is 13.3. The molecule has 0 N–H and O–H groups in total. The van der Waals surface area contributed by atoms with Crippen molar-refractivity contribution in [1.82, 2.24) is 4.40 Å². The molecule has 2 heteroatoms. The molecule has 2 aromatic heterocycles. The number of para-hydroxylation sites is 1. The van der Waals surface area contributed by atoms with Crippen molar-refractivity contribution in [1.29, 1.82) is 0 Å². The highest BCUT2D eigenvalue weighted by Crippen LogP contribution is 2.45. The van der Waals surface area contributed by atoms with Gasteiger partial charge in [-0.3, -0.25) is 0 Å². The van der Waals surface area contributed by atoms with Crippen molar-refractivity contribution in [3.63, 3.8) is 0 Å². The lowest BCUT2D eigenvalue weighted by molar-refractivity contribution is -0.718. The monoisotopic (exact) mass is 481 g/mol. The van der Waals surface area contributed by atoms with Crippen molar-refractivity contribution in [2.45, 2.75) is 54.0 Å². The third-order valence-electron chi connectivity index (χ3n) is 8.69. The van der Waals surface area contributed by atoms with Crippen LogP contribution >= 0.6 is 0 Å². The maximum Gasteiger partial charge on any atom is 0.296 e. The van der Waals surface area contributed by atoms with Crippen molar-refractivity contribution < 1.29 is 4.57 Å². The first kappa shape index (κ1) is 22.3. The van der Waals surface area contributed by atoms with Crippen LogP contribution in [0.4, 0.5) is 0 Å². The van der Waals surface area contributed by atoms with Gasteiger partial charge in [0.2, 0.25) is 0 Å². The third-order valence-corrected chi connectivity index (χ3v) is 8.69. The van der Waals surface area contributed by atoms with Gasteiger partial charge in [0.15, 0.2) is 5.69 Å². The van der Waals surface area contributed by atoms with E-state index in [1.54, 1.807) is 0 Å². The Morgan fingerprint density at radius 1 is 0.676 bits per heavy atom. The Bertz CT molecular complexity index is 1910. The van der Waals surface area contributed by atoms with E-state index in [0.717, 1.165) is 0 Å². The van der Waals surface area contributed by atoms with E-state index in [4.69, 9.17) is 0 Å². The van der Waals surface area contributed by atoms with Gasteiger partial charge < -0.3 is 0 Å². The van der Waals surface area contributed by atoms with Crippen LogP contribution in [0, 0.1) is 34.6 Å². The van der Waals surface area contributed by atoms with Gasteiger partial charge in [0.05, 0.1) is 5.39 Å². The Balaban J connectivity index is 1.70. The molecule has 0 radical (unpaired) electrons. The normalized spacial score (nSPS) is 14.0. The van der Waals surface area contributed by atoms with Gasteiger partial charge in [-0.25, -0.2) is 4.57 Å². The van der Waals surface area contributed by atoms with Gasteiger partial charge in [-0.05, 0) is 100 Å². The van der Waals surface area contributed by atoms with Crippen molar-refractivity contribution in [3.05, 3.63) is 106 Å². The first-order valence-electron chi connectivity index (χ1n) is 13.3. The lowest BCUT2D eigenvalue weighted by atomic mass is 9.86. The number of benzene rings is 4. The summed E-state index contributed by atoms with van der Waals surface area (Å²) in [6.45, 7) is 15.9. The Kier molecular flexibility index (Phi) is 4.41. The second-order valence-electron chi connectivity index (χ2n) is 11.6. The van der Waals surface area contributed by atoms with E-state index in [9.17, 15) is 0 Å². The molecule has 0 saturated heterocycles. The zero-order chi connectivity index (χ0) is 25.8. The highest BCUT2D eigenvalue weighted by atomic mass is 15.2. The van der Waals surface area contributed by atoms with Gasteiger partial charge in [-0.1, -0.05) is 54.1 Å². The van der Waals surface area contributed by atoms with E-state index in [-0.39, 0.29) is 5.54 Å². The molecule has 6 aromatic rings. The Morgan fingerprint density at radius 3 is 2.05 bits per heavy atom. The Morgan fingerprint density at radius 2 is 1.35 bits per heavy atom. The molecule has 3 heterocycles. The van der Waals surface area contributed by atoms with Crippen LogP contribution in [0.15, 0.2) is 72.9 Å². The van der Waals surface area contributed by atoms with E-state index < -0.39 is 0 Å². The summed E-state index contributed by atoms with van der Waals surface area (Å²) in [5.41, 5.74) is 15.7. The molecule has 1 aliphatic heterocycles. The van der Waals surface area contributed by atoms with E-state index in [2.05, 4.69) is 130 Å². The van der Waals surface area contributed by atoms with Gasteiger partial charge in [0.25, 0.3) is 5.65 Å². The van der Waals surface area contributed by atoms with Crippen LogP contribution in [0.3, 0.4) is 0 Å². The van der Waals surface area contributed by atoms with Gasteiger partial charge in [0, 0.05) is 21.9 Å². The summed E-state index contributed by atoms with van der Waals surface area (Å²) in [6, 6.07) is 25.1. The number of aryl methyl sites for hydroxylation is 5. The predicted octanol–water partition coefficient (Wildman–Crippen LogP) is 8.51. The number of pyridine rings is 1. The maximum absolute atomic E-state index is 2.53. The Labute approximate surface area is 218 Å². The molecule has 182 valence electrons. The number of aromatic nitrogens is 2. The number of rotatable bonds is 2. The molecule has 2 nitrogen and oxygen atoms in total. The van der Waals surface area contributed by atoms with Crippen LogP contribution in [0.25, 0.3) is 49.7 Å². The summed E-state index contributed by atoms with van der Waals surface area (Å²) >= 11 is 0. The van der Waals surface area contributed by atoms with Gasteiger partial charge >= 0.3 is 0 Å². The molecule has 1 aliphatic rings. The average Bonchev–Trinajstić information content (AvgIpc) is 3.33. The van der Waals surface area contributed by atoms with Crippen molar-refractivity contribution in [2.24, 2.45) is 0 Å². The second kappa shape index (κ2) is 7.32. The molecular weight excluding hydrogens is 448 g/mol. The molecule has 0 spiro atoms. The van der Waals surface area contributed by atoms with Crippen LogP contribution in [0.2, 0.25) is 0 Å². The summed E-state index contributed by atoms with van der Waals surface area (Å²) in [5.74, 6) is 0. The molecule has 37 heavy (non-hydrogen) atoms. The van der Waals surface area contributed by atoms with Gasteiger partial charge in [-0.2, -0.15) is 4.40 Å². The summed E-state index contributed by atoms with van der Waals surface area (Å²) < 4.78 is 5.05. The minimum absolute atomic E-state index is 0.166. The quantitative estimate of drug-likeness (QED) is 0.173. The summed E-state index contributed by atoms with van der Waals surface area (Å²) in [7, 11) is 0. The standard InChI is InChI=1S/C35H33N2/c1-20-15-23(4)32(24(5)16-20)30-19-36-34-33-27(26-13-8-9-14-29(26)37(30)34)17-25(18-28(33)35(36,6)7)31-21(2)11-10-12-22(31)3/h8-19H,1-7H3/q+1. The largest absolute Gasteiger partial charge is 0.296 e. The molecule has 0 unspecified atom stereocenters. The van der Waals surface area contributed by atoms with E-state index in [0.29, 0.717) is 0 Å². The molecule has 4 aromatic carbocycles. The summed E-state index contributed by atoms with van der Waals surface area (Å²) in [4.78, 5) is 0. The van der Waals surface area contributed by atoms with E-state index in [1.165, 1.54) is 83.1 Å². The van der Waals surface area contributed by atoms with Crippen LogP contribution in [-0.2, 0) is 5.54 Å². The minimum Gasteiger partial charge on any atom is -0.220 e. The molecule has 0 saturated carbocycles. The maximum atomic E-state index is 2.53. The van der Waals surface area contributed by atoms with Gasteiger partial charge in [-0.15, -0.1) is 0 Å². The van der Waals surface area contributed by atoms with Crippen molar-refractivity contribution in [2.75, 3.05) is 0 Å². The van der Waals surface area contributed by atoms with Crippen molar-refractivity contribution in [3.8, 4) is 22.4 Å². The Hall–Kier alpha value is -3.91. The molecule has 0 atom stereocenters. The second-order valence-corrected chi connectivity index (χ2v) is 11.6. The lowest BCUT2D eigenvalue weighted by Gasteiger charge is -2.20. The van der Waals surface area contributed by atoms with Crippen LogP contribution < -0.4 is 4.57 Å². The number of hydrogen-bond acceptors (Lipinski definition) is 0. The van der Waals surface area contributed by atoms with Crippen LogP contribution in [-0.4, -0.2) is 4.40 Å². The number of fused-ring (bicyclic) bond motifs is 3. The fourth-order valence-corrected chi connectivity index (χ4v) is 7.14. The molecule has 0 bridgehead atoms. The topological polar surface area (TPSA) is 8.29 Å². The fourth-order valence-electron chi connectivity index (χ4n) is 7.14. The molecular formula is C35H33N2+. The highest BCUT2D eigenvalue weighted by Gasteiger charge is 2.43. The molecule has 0 amide bonds. The molecule has 0 fully saturated rings. The zero-order valence-electron chi connectivity index (χ0n) is 22.8. The van der Waals surface area contributed by atoms with E-state index in [1.807, 2.05) is 0 Å². The lowest BCUT2D eigenvalue weighted by Crippen LogP contribution is -2.49. The SMILES string of the molecule is Cc1cc(C)c(-c2c[n+]3c4c5c(cc(-c6c(C)cccc6C)cc5c5ccccc5n24)C3(C)C)c(C)c1. The number of hydrogen-bond donors (Lipinski definition) is 0. The number of nitrogens with zero attached hydrogens (tertiary/aromatic N) is 2.